The molecular weight excluding hydrogens is 384 g/mol. The van der Waals surface area contributed by atoms with Crippen LogP contribution in [0.5, 0.6) is 5.75 Å². The Kier molecular flexibility index (Phi) is 6.29. The molecule has 1 aliphatic heterocycles. The number of nitrogens with one attached hydrogen (secondary N) is 1. The van der Waals surface area contributed by atoms with Crippen molar-refractivity contribution in [3.05, 3.63) is 47.5 Å². The normalized spacial score (nSPS) is 13.5. The van der Waals surface area contributed by atoms with Crippen LogP contribution < -0.4 is 15.0 Å². The predicted octanol–water partition coefficient (Wildman–Crippen LogP) is 4.45. The van der Waals surface area contributed by atoms with Gasteiger partial charge in [0.25, 0.3) is 0 Å². The Morgan fingerprint density at radius 3 is 2.81 bits per heavy atom. The molecule has 0 unspecified atom stereocenters. The molecule has 0 aromatic heterocycles. The Hall–Kier alpha value is -2.18. The first-order valence-electron chi connectivity index (χ1n) is 8.68. The molecule has 0 spiro atoms. The van der Waals surface area contributed by atoms with Gasteiger partial charge in [0.2, 0.25) is 11.8 Å². The minimum absolute atomic E-state index is 0.0420. The van der Waals surface area contributed by atoms with Gasteiger partial charge in [-0.1, -0.05) is 37.6 Å². The maximum atomic E-state index is 12.5. The van der Waals surface area contributed by atoms with E-state index in [4.69, 9.17) is 16.3 Å². The molecule has 0 radical (unpaired) electrons. The van der Waals surface area contributed by atoms with Gasteiger partial charge in [0.1, 0.15) is 12.3 Å². The van der Waals surface area contributed by atoms with Gasteiger partial charge in [-0.25, -0.2) is 0 Å². The summed E-state index contributed by atoms with van der Waals surface area (Å²) in [6, 6.07) is 12.7. The smallest absolute Gasteiger partial charge is 0.244 e. The van der Waals surface area contributed by atoms with E-state index in [9.17, 15) is 9.59 Å². The fourth-order valence-electron chi connectivity index (χ4n) is 2.62. The average molecular weight is 405 g/mol. The number of anilines is 2. The summed E-state index contributed by atoms with van der Waals surface area (Å²) in [5, 5.41) is 3.23. The molecule has 0 atom stereocenters. The van der Waals surface area contributed by atoms with E-state index in [-0.39, 0.29) is 18.4 Å². The first kappa shape index (κ1) is 19.6. The molecule has 1 N–H and O–H groups in total. The van der Waals surface area contributed by atoms with Crippen molar-refractivity contribution in [2.45, 2.75) is 18.7 Å². The molecular formula is C20H21ClN2O3S. The second-order valence-electron chi connectivity index (χ2n) is 6.63. The summed E-state index contributed by atoms with van der Waals surface area (Å²) < 4.78 is 5.63. The van der Waals surface area contributed by atoms with E-state index >= 15 is 0 Å². The summed E-state index contributed by atoms with van der Waals surface area (Å²) in [4.78, 5) is 27.2. The van der Waals surface area contributed by atoms with Crippen LogP contribution in [0, 0.1) is 5.92 Å². The minimum atomic E-state index is -0.281. The number of carbonyl (C=O) groups is 2. The molecule has 0 bridgehead atoms. The van der Waals surface area contributed by atoms with Gasteiger partial charge in [-0.2, -0.15) is 0 Å². The number of para-hydroxylation sites is 1. The third-order valence-electron chi connectivity index (χ3n) is 3.90. The minimum Gasteiger partial charge on any atom is -0.492 e. The molecule has 142 valence electrons. The Bertz CT molecular complexity index is 857. The van der Waals surface area contributed by atoms with E-state index < -0.39 is 0 Å². The molecule has 2 aromatic carbocycles. The highest BCUT2D eigenvalue weighted by atomic mass is 35.5. The van der Waals surface area contributed by atoms with E-state index in [2.05, 4.69) is 19.2 Å². The summed E-state index contributed by atoms with van der Waals surface area (Å²) >= 11 is 7.72. The number of hydrogen-bond donors (Lipinski definition) is 1. The molecule has 5 nitrogen and oxygen atoms in total. The van der Waals surface area contributed by atoms with Crippen LogP contribution in [0.3, 0.4) is 0 Å². The number of ether oxygens (including phenoxy) is 1. The molecule has 1 heterocycles. The molecule has 0 aliphatic carbocycles. The summed E-state index contributed by atoms with van der Waals surface area (Å²) in [6.07, 6.45) is 0. The standard InChI is InChI=1S/C20H21ClN2O3S/c1-13(2)11-26-17-8-7-14(9-15(17)21)22-19(24)10-23-16-5-3-4-6-18(16)27-12-20(23)25/h3-9,13H,10-12H2,1-2H3,(H,22,24). The van der Waals surface area contributed by atoms with Gasteiger partial charge in [-0.3, -0.25) is 9.59 Å². The third-order valence-corrected chi connectivity index (χ3v) is 5.24. The maximum Gasteiger partial charge on any atom is 0.244 e. The average Bonchev–Trinajstić information content (AvgIpc) is 2.63. The van der Waals surface area contributed by atoms with Crippen molar-refractivity contribution in [2.75, 3.05) is 29.1 Å². The van der Waals surface area contributed by atoms with E-state index in [1.54, 1.807) is 18.2 Å². The van der Waals surface area contributed by atoms with Crippen molar-refractivity contribution in [2.24, 2.45) is 5.92 Å². The van der Waals surface area contributed by atoms with Crippen molar-refractivity contribution >= 4 is 46.6 Å². The molecule has 27 heavy (non-hydrogen) atoms. The summed E-state index contributed by atoms with van der Waals surface area (Å²) in [6.45, 7) is 4.64. The highest BCUT2D eigenvalue weighted by molar-refractivity contribution is 8.00. The summed E-state index contributed by atoms with van der Waals surface area (Å²) in [5.41, 5.74) is 1.33. The molecule has 7 heteroatoms. The Labute approximate surface area is 168 Å². The first-order valence-corrected chi connectivity index (χ1v) is 10.0. The molecule has 0 saturated carbocycles. The number of amides is 2. The van der Waals surface area contributed by atoms with Gasteiger partial charge in [0.05, 0.1) is 23.1 Å². The fraction of sp³-hybridized carbons (Fsp3) is 0.300. The maximum absolute atomic E-state index is 12.5. The third kappa shape index (κ3) is 4.96. The summed E-state index contributed by atoms with van der Waals surface area (Å²) in [7, 11) is 0. The van der Waals surface area contributed by atoms with Gasteiger partial charge in [-0.15, -0.1) is 11.8 Å². The largest absolute Gasteiger partial charge is 0.492 e. The van der Waals surface area contributed by atoms with Crippen LogP contribution in [0.2, 0.25) is 5.02 Å². The Morgan fingerprint density at radius 1 is 1.30 bits per heavy atom. The number of fused-ring (bicyclic) bond motifs is 1. The topological polar surface area (TPSA) is 58.6 Å². The predicted molar refractivity (Wildman–Crippen MR) is 110 cm³/mol. The lowest BCUT2D eigenvalue weighted by Gasteiger charge is -2.28. The van der Waals surface area contributed by atoms with E-state index in [0.717, 1.165) is 10.6 Å². The van der Waals surface area contributed by atoms with Crippen LogP contribution in [0.4, 0.5) is 11.4 Å². The lowest BCUT2D eigenvalue weighted by Crippen LogP contribution is -2.41. The molecule has 0 saturated heterocycles. The van der Waals surface area contributed by atoms with Crippen molar-refractivity contribution in [1.82, 2.24) is 0 Å². The second-order valence-corrected chi connectivity index (χ2v) is 8.06. The van der Waals surface area contributed by atoms with Crippen molar-refractivity contribution in [3.63, 3.8) is 0 Å². The SMILES string of the molecule is CC(C)COc1ccc(NC(=O)CN2C(=O)CSc3ccccc32)cc1Cl. The van der Waals surface area contributed by atoms with Crippen LogP contribution in [0.25, 0.3) is 0 Å². The number of halogens is 1. The van der Waals surface area contributed by atoms with Gasteiger partial charge in [0.15, 0.2) is 0 Å². The zero-order valence-corrected chi connectivity index (χ0v) is 16.8. The fourth-order valence-corrected chi connectivity index (χ4v) is 3.79. The lowest BCUT2D eigenvalue weighted by molar-refractivity contribution is -0.120. The second kappa shape index (κ2) is 8.67. The molecule has 3 rings (SSSR count). The number of hydrogen-bond acceptors (Lipinski definition) is 4. The quantitative estimate of drug-likeness (QED) is 0.772. The molecule has 2 aromatic rings. The zero-order chi connectivity index (χ0) is 19.4. The Morgan fingerprint density at radius 2 is 2.07 bits per heavy atom. The highest BCUT2D eigenvalue weighted by Gasteiger charge is 2.26. The van der Waals surface area contributed by atoms with Crippen LogP contribution in [-0.2, 0) is 9.59 Å². The highest BCUT2D eigenvalue weighted by Crippen LogP contribution is 2.35. The van der Waals surface area contributed by atoms with Crippen LogP contribution >= 0.6 is 23.4 Å². The van der Waals surface area contributed by atoms with Crippen LogP contribution in [0.15, 0.2) is 47.4 Å². The van der Waals surface area contributed by atoms with Gasteiger partial charge in [-0.05, 0) is 36.2 Å². The van der Waals surface area contributed by atoms with Crippen LogP contribution in [-0.4, -0.2) is 30.7 Å². The van der Waals surface area contributed by atoms with Gasteiger partial charge in [0, 0.05) is 10.6 Å². The van der Waals surface area contributed by atoms with Crippen molar-refractivity contribution < 1.29 is 14.3 Å². The number of thioether (sulfide) groups is 1. The lowest BCUT2D eigenvalue weighted by atomic mass is 10.2. The van der Waals surface area contributed by atoms with Crippen LogP contribution in [0.1, 0.15) is 13.8 Å². The molecule has 1 aliphatic rings. The van der Waals surface area contributed by atoms with E-state index in [1.165, 1.54) is 16.7 Å². The summed E-state index contributed by atoms with van der Waals surface area (Å²) in [5.74, 6) is 0.947. The van der Waals surface area contributed by atoms with E-state index in [0.29, 0.717) is 34.7 Å². The number of rotatable bonds is 6. The van der Waals surface area contributed by atoms with E-state index in [1.807, 2.05) is 24.3 Å². The Balaban J connectivity index is 1.66. The van der Waals surface area contributed by atoms with Crippen molar-refractivity contribution in [3.8, 4) is 5.75 Å². The number of nitrogens with zero attached hydrogens (tertiary/aromatic N) is 1. The van der Waals surface area contributed by atoms with Gasteiger partial charge >= 0.3 is 0 Å². The number of benzene rings is 2. The molecule has 2 amide bonds. The number of carbonyl (C=O) groups excluding carboxylic acids is 2. The first-order chi connectivity index (χ1) is 12.9. The van der Waals surface area contributed by atoms with Gasteiger partial charge < -0.3 is 15.0 Å². The molecule has 0 fully saturated rings. The zero-order valence-electron chi connectivity index (χ0n) is 15.2. The van der Waals surface area contributed by atoms with Crippen molar-refractivity contribution in [1.29, 1.82) is 0 Å². The monoisotopic (exact) mass is 404 g/mol.